The highest BCUT2D eigenvalue weighted by molar-refractivity contribution is 8.00. The van der Waals surface area contributed by atoms with Gasteiger partial charge in [-0.2, -0.15) is 0 Å². The van der Waals surface area contributed by atoms with Crippen molar-refractivity contribution in [2.24, 2.45) is 0 Å². The Morgan fingerprint density at radius 3 is 3.00 bits per heavy atom. The third-order valence-electron chi connectivity index (χ3n) is 2.96. The first kappa shape index (κ1) is 16.0. The monoisotopic (exact) mass is 364 g/mol. The molecule has 2 N–H and O–H groups in total. The van der Waals surface area contributed by atoms with Gasteiger partial charge < -0.3 is 5.32 Å². The fourth-order valence-electron chi connectivity index (χ4n) is 1.84. The van der Waals surface area contributed by atoms with Crippen LogP contribution in [0.3, 0.4) is 0 Å². The molecule has 0 spiro atoms. The molecule has 0 bridgehead atoms. The van der Waals surface area contributed by atoms with Crippen LogP contribution in [0.25, 0.3) is 10.7 Å². The molecule has 0 unspecified atom stereocenters. The van der Waals surface area contributed by atoms with Crippen molar-refractivity contribution in [2.45, 2.75) is 17.3 Å². The van der Waals surface area contributed by atoms with E-state index in [1.165, 1.54) is 11.8 Å². The number of rotatable bonds is 5. The van der Waals surface area contributed by atoms with Gasteiger partial charge in [-0.1, -0.05) is 35.5 Å². The Labute approximate surface area is 146 Å². The highest BCUT2D eigenvalue weighted by Gasteiger charge is 2.18. The molecule has 0 radical (unpaired) electrons. The van der Waals surface area contributed by atoms with Gasteiger partial charge in [0.05, 0.1) is 10.1 Å². The molecule has 5 nitrogen and oxygen atoms in total. The van der Waals surface area contributed by atoms with Crippen molar-refractivity contribution in [1.29, 1.82) is 0 Å². The summed E-state index contributed by atoms with van der Waals surface area (Å²) in [6.07, 6.45) is 0. The van der Waals surface area contributed by atoms with Gasteiger partial charge in [-0.25, -0.2) is 4.98 Å². The predicted molar refractivity (Wildman–Crippen MR) is 95.1 cm³/mol. The van der Waals surface area contributed by atoms with Crippen LogP contribution < -0.4 is 5.32 Å². The van der Waals surface area contributed by atoms with E-state index in [-0.39, 0.29) is 11.2 Å². The van der Waals surface area contributed by atoms with Gasteiger partial charge in [0.25, 0.3) is 0 Å². The molecule has 0 saturated carbocycles. The van der Waals surface area contributed by atoms with Crippen LogP contribution in [-0.4, -0.2) is 26.3 Å². The molecule has 8 heteroatoms. The Hall–Kier alpha value is -1.83. The Kier molecular flexibility index (Phi) is 5.00. The number of H-pyrrole nitrogens is 1. The van der Waals surface area contributed by atoms with Crippen LogP contribution in [0.4, 0.5) is 5.69 Å². The molecule has 2 heterocycles. The highest BCUT2D eigenvalue weighted by atomic mass is 35.5. The molecule has 23 heavy (non-hydrogen) atoms. The zero-order valence-corrected chi connectivity index (χ0v) is 14.5. The zero-order chi connectivity index (χ0) is 16.2. The Balaban J connectivity index is 1.62. The standard InChI is InChI=1S/C15H13ClN4OS2/c1-9(14(21)17-11-5-2-4-10(16)8-11)23-15-18-13(19-20-15)12-6-3-7-22-12/h2-9H,1H3,(H,17,21)(H,18,19,20)/t9-/m0/s1. The minimum atomic E-state index is -0.332. The third-order valence-corrected chi connectivity index (χ3v) is 5.04. The smallest absolute Gasteiger partial charge is 0.237 e. The summed E-state index contributed by atoms with van der Waals surface area (Å²) < 4.78 is 0. The van der Waals surface area contributed by atoms with Crippen LogP contribution in [0.1, 0.15) is 6.92 Å². The summed E-state index contributed by atoms with van der Waals surface area (Å²) in [5.41, 5.74) is 0.671. The Morgan fingerprint density at radius 2 is 2.26 bits per heavy atom. The quantitative estimate of drug-likeness (QED) is 0.662. The molecule has 3 rings (SSSR count). The maximum atomic E-state index is 12.2. The molecule has 0 aliphatic carbocycles. The summed E-state index contributed by atoms with van der Waals surface area (Å²) in [4.78, 5) is 17.6. The minimum Gasteiger partial charge on any atom is -0.325 e. The second-order valence-electron chi connectivity index (χ2n) is 4.70. The molecule has 1 atom stereocenters. The van der Waals surface area contributed by atoms with Gasteiger partial charge in [0.1, 0.15) is 0 Å². The number of carbonyl (C=O) groups is 1. The van der Waals surface area contributed by atoms with Crippen LogP contribution >= 0.6 is 34.7 Å². The van der Waals surface area contributed by atoms with Crippen LogP contribution in [0.15, 0.2) is 46.9 Å². The summed E-state index contributed by atoms with van der Waals surface area (Å²) in [5.74, 6) is 0.588. The lowest BCUT2D eigenvalue weighted by Crippen LogP contribution is -2.22. The number of thioether (sulfide) groups is 1. The van der Waals surface area contributed by atoms with Crippen LogP contribution in [-0.2, 0) is 4.79 Å². The molecule has 3 aromatic rings. The van der Waals surface area contributed by atoms with Gasteiger partial charge in [0.2, 0.25) is 11.1 Å². The first-order valence-electron chi connectivity index (χ1n) is 6.81. The summed E-state index contributed by atoms with van der Waals surface area (Å²) in [6.45, 7) is 1.81. The number of carbonyl (C=O) groups excluding carboxylic acids is 1. The van der Waals surface area contributed by atoms with E-state index in [1.54, 1.807) is 35.6 Å². The van der Waals surface area contributed by atoms with Gasteiger partial charge in [0.15, 0.2) is 5.82 Å². The van der Waals surface area contributed by atoms with E-state index in [0.717, 1.165) is 4.88 Å². The van der Waals surface area contributed by atoms with Crippen molar-refractivity contribution in [3.05, 3.63) is 46.8 Å². The second kappa shape index (κ2) is 7.16. The van der Waals surface area contributed by atoms with Crippen molar-refractivity contribution in [3.8, 4) is 10.7 Å². The molecule has 0 saturated heterocycles. The van der Waals surface area contributed by atoms with Crippen molar-refractivity contribution in [2.75, 3.05) is 5.32 Å². The lowest BCUT2D eigenvalue weighted by molar-refractivity contribution is -0.115. The molecular weight excluding hydrogens is 352 g/mol. The van der Waals surface area contributed by atoms with E-state index in [4.69, 9.17) is 11.6 Å². The average Bonchev–Trinajstić information content (AvgIpc) is 3.17. The van der Waals surface area contributed by atoms with E-state index < -0.39 is 0 Å². The lowest BCUT2D eigenvalue weighted by atomic mass is 10.3. The minimum absolute atomic E-state index is 0.125. The van der Waals surface area contributed by atoms with E-state index in [1.807, 2.05) is 24.4 Å². The van der Waals surface area contributed by atoms with E-state index in [0.29, 0.717) is 21.7 Å². The van der Waals surface area contributed by atoms with Crippen LogP contribution in [0, 0.1) is 0 Å². The van der Waals surface area contributed by atoms with Gasteiger partial charge in [-0.3, -0.25) is 9.89 Å². The first-order chi connectivity index (χ1) is 11.1. The molecule has 118 valence electrons. The number of aromatic amines is 1. The second-order valence-corrected chi connectivity index (χ2v) is 7.40. The number of anilines is 1. The van der Waals surface area contributed by atoms with E-state index in [9.17, 15) is 4.79 Å². The number of halogens is 1. The number of benzene rings is 1. The van der Waals surface area contributed by atoms with E-state index >= 15 is 0 Å². The number of amides is 1. The average molecular weight is 365 g/mol. The number of nitrogens with zero attached hydrogens (tertiary/aromatic N) is 2. The summed E-state index contributed by atoms with van der Waals surface area (Å²) >= 11 is 8.79. The lowest BCUT2D eigenvalue weighted by Gasteiger charge is -2.10. The summed E-state index contributed by atoms with van der Waals surface area (Å²) in [5, 5.41) is 12.6. The molecule has 2 aromatic heterocycles. The van der Waals surface area contributed by atoms with Crippen molar-refractivity contribution in [3.63, 3.8) is 0 Å². The molecular formula is C15H13ClN4OS2. The zero-order valence-electron chi connectivity index (χ0n) is 12.1. The maximum absolute atomic E-state index is 12.2. The van der Waals surface area contributed by atoms with Gasteiger partial charge in [0, 0.05) is 10.7 Å². The van der Waals surface area contributed by atoms with Crippen molar-refractivity contribution < 1.29 is 4.79 Å². The summed E-state index contributed by atoms with van der Waals surface area (Å²) in [7, 11) is 0. The number of aromatic nitrogens is 3. The van der Waals surface area contributed by atoms with Crippen LogP contribution in [0.5, 0.6) is 0 Å². The molecule has 0 fully saturated rings. The molecule has 1 amide bonds. The molecule has 1 aromatic carbocycles. The highest BCUT2D eigenvalue weighted by Crippen LogP contribution is 2.26. The van der Waals surface area contributed by atoms with Crippen molar-refractivity contribution >= 4 is 46.3 Å². The fraction of sp³-hybridized carbons (Fsp3) is 0.133. The topological polar surface area (TPSA) is 70.7 Å². The number of nitrogens with one attached hydrogen (secondary N) is 2. The molecule has 0 aliphatic rings. The van der Waals surface area contributed by atoms with Crippen molar-refractivity contribution in [1.82, 2.24) is 15.2 Å². The van der Waals surface area contributed by atoms with Gasteiger partial charge in [-0.05, 0) is 36.6 Å². The normalized spacial score (nSPS) is 12.1. The third kappa shape index (κ3) is 4.13. The SMILES string of the molecule is C[C@H](Sc1n[nH]c(-c2cccs2)n1)C(=O)Nc1cccc(Cl)c1. The number of hydrogen-bond acceptors (Lipinski definition) is 5. The van der Waals surface area contributed by atoms with Crippen LogP contribution in [0.2, 0.25) is 5.02 Å². The Morgan fingerprint density at radius 1 is 1.39 bits per heavy atom. The first-order valence-corrected chi connectivity index (χ1v) is 8.95. The Bertz CT molecular complexity index is 803. The van der Waals surface area contributed by atoms with Gasteiger partial charge in [-0.15, -0.1) is 16.4 Å². The number of hydrogen-bond donors (Lipinski definition) is 2. The summed E-state index contributed by atoms with van der Waals surface area (Å²) in [6, 6.07) is 11.0. The number of thiophene rings is 1. The molecule has 0 aliphatic heterocycles. The maximum Gasteiger partial charge on any atom is 0.237 e. The fourth-order valence-corrected chi connectivity index (χ4v) is 3.42. The van der Waals surface area contributed by atoms with E-state index in [2.05, 4.69) is 20.5 Å². The predicted octanol–water partition coefficient (Wildman–Crippen LogP) is 4.31. The van der Waals surface area contributed by atoms with Gasteiger partial charge >= 0.3 is 0 Å². The largest absolute Gasteiger partial charge is 0.325 e.